The van der Waals surface area contributed by atoms with Gasteiger partial charge in [0.15, 0.2) is 0 Å². The van der Waals surface area contributed by atoms with Crippen LogP contribution in [0.5, 0.6) is 0 Å². The molecule has 1 aliphatic heterocycles. The molecule has 1 amide bonds. The van der Waals surface area contributed by atoms with Gasteiger partial charge in [0.25, 0.3) is 5.91 Å². The van der Waals surface area contributed by atoms with Gasteiger partial charge in [-0.2, -0.15) is 11.8 Å². The minimum atomic E-state index is -0.429. The van der Waals surface area contributed by atoms with Gasteiger partial charge in [0.1, 0.15) is 5.82 Å². The van der Waals surface area contributed by atoms with Crippen LogP contribution in [0.25, 0.3) is 0 Å². The summed E-state index contributed by atoms with van der Waals surface area (Å²) in [5.74, 6) is 0.318. The van der Waals surface area contributed by atoms with Crippen molar-refractivity contribution >= 4 is 23.4 Å². The Bertz CT molecular complexity index is 439. The zero-order valence-corrected chi connectivity index (χ0v) is 10.5. The van der Waals surface area contributed by atoms with Crippen LogP contribution in [-0.4, -0.2) is 34.9 Å². The summed E-state index contributed by atoms with van der Waals surface area (Å²) in [6, 6.07) is 3.91. The Morgan fingerprint density at radius 2 is 2.35 bits per heavy atom. The number of hydrogen-bond acceptors (Lipinski definition) is 3. The molecule has 3 nitrogen and oxygen atoms in total. The molecule has 1 aromatic carbocycles. The van der Waals surface area contributed by atoms with Crippen LogP contribution in [0.4, 0.5) is 10.1 Å². The first-order chi connectivity index (χ1) is 8.08. The van der Waals surface area contributed by atoms with E-state index < -0.39 is 5.82 Å². The highest BCUT2D eigenvalue weighted by Crippen LogP contribution is 2.22. The van der Waals surface area contributed by atoms with Gasteiger partial charge in [-0.05, 0) is 18.2 Å². The molecule has 1 heterocycles. The minimum absolute atomic E-state index is 0.172. The highest BCUT2D eigenvalue weighted by Gasteiger charge is 2.23. The molecule has 1 saturated heterocycles. The summed E-state index contributed by atoms with van der Waals surface area (Å²) in [5.41, 5.74) is 6.32. The summed E-state index contributed by atoms with van der Waals surface area (Å²) in [6.45, 7) is 3.47. The first kappa shape index (κ1) is 12.2. The number of benzene rings is 1. The molecule has 2 N–H and O–H groups in total. The zero-order valence-electron chi connectivity index (χ0n) is 9.65. The number of carbonyl (C=O) groups excluding carboxylic acids is 1. The number of nitrogen functional groups attached to an aromatic ring is 1. The molecule has 0 radical (unpaired) electrons. The second-order valence-electron chi connectivity index (χ2n) is 4.16. The third-order valence-electron chi connectivity index (χ3n) is 2.77. The smallest absolute Gasteiger partial charge is 0.256 e. The average Bonchev–Trinajstić information content (AvgIpc) is 2.31. The molecule has 0 bridgehead atoms. The SMILES string of the molecule is CC1CN(C(=O)c2cc(F)ccc2N)CCS1. The molecule has 0 saturated carbocycles. The van der Waals surface area contributed by atoms with Crippen molar-refractivity contribution in [3.05, 3.63) is 29.6 Å². The molecule has 1 fully saturated rings. The Morgan fingerprint density at radius 1 is 1.59 bits per heavy atom. The Hall–Kier alpha value is -1.23. The number of carbonyl (C=O) groups is 1. The van der Waals surface area contributed by atoms with Crippen LogP contribution in [-0.2, 0) is 0 Å². The van der Waals surface area contributed by atoms with Gasteiger partial charge in [0.2, 0.25) is 0 Å². The first-order valence-corrected chi connectivity index (χ1v) is 6.58. The van der Waals surface area contributed by atoms with E-state index in [2.05, 4.69) is 6.92 Å². The summed E-state index contributed by atoms with van der Waals surface area (Å²) in [7, 11) is 0. The lowest BCUT2D eigenvalue weighted by Gasteiger charge is -2.30. The van der Waals surface area contributed by atoms with Crippen LogP contribution in [0.3, 0.4) is 0 Å². The summed E-state index contributed by atoms with van der Waals surface area (Å²) in [5, 5.41) is 0.419. The van der Waals surface area contributed by atoms with Crippen molar-refractivity contribution in [1.29, 1.82) is 0 Å². The number of anilines is 1. The maximum Gasteiger partial charge on any atom is 0.256 e. The predicted molar refractivity (Wildman–Crippen MR) is 68.6 cm³/mol. The fraction of sp³-hybridized carbons (Fsp3) is 0.417. The van der Waals surface area contributed by atoms with Crippen molar-refractivity contribution < 1.29 is 9.18 Å². The lowest BCUT2D eigenvalue weighted by Crippen LogP contribution is -2.41. The van der Waals surface area contributed by atoms with E-state index in [1.165, 1.54) is 18.2 Å². The standard InChI is InChI=1S/C12H15FN2OS/c1-8-7-15(4-5-17-8)12(16)10-6-9(13)2-3-11(10)14/h2-3,6,8H,4-5,7,14H2,1H3. The van der Waals surface area contributed by atoms with Crippen molar-refractivity contribution in [3.63, 3.8) is 0 Å². The number of nitrogens with two attached hydrogens (primary N) is 1. The number of rotatable bonds is 1. The third kappa shape index (κ3) is 2.72. The van der Waals surface area contributed by atoms with Gasteiger partial charge in [-0.3, -0.25) is 4.79 Å². The Kier molecular flexibility index (Phi) is 3.57. The van der Waals surface area contributed by atoms with E-state index in [1.54, 1.807) is 4.90 Å². The van der Waals surface area contributed by atoms with Crippen LogP contribution < -0.4 is 5.73 Å². The topological polar surface area (TPSA) is 46.3 Å². The zero-order chi connectivity index (χ0) is 12.4. The van der Waals surface area contributed by atoms with Crippen molar-refractivity contribution in [2.75, 3.05) is 24.6 Å². The summed E-state index contributed by atoms with van der Waals surface area (Å²) in [4.78, 5) is 13.9. The monoisotopic (exact) mass is 254 g/mol. The molecule has 1 atom stereocenters. The molecule has 2 rings (SSSR count). The molecule has 5 heteroatoms. The van der Waals surface area contributed by atoms with Crippen LogP contribution in [0.1, 0.15) is 17.3 Å². The van der Waals surface area contributed by atoms with E-state index >= 15 is 0 Å². The second kappa shape index (κ2) is 4.96. The Morgan fingerprint density at radius 3 is 3.06 bits per heavy atom. The molecular weight excluding hydrogens is 239 g/mol. The van der Waals surface area contributed by atoms with Gasteiger partial charge in [0.05, 0.1) is 5.56 Å². The largest absolute Gasteiger partial charge is 0.398 e. The van der Waals surface area contributed by atoms with Crippen molar-refractivity contribution in [3.8, 4) is 0 Å². The normalized spacial score (nSPS) is 20.4. The molecule has 1 aliphatic rings. The first-order valence-electron chi connectivity index (χ1n) is 5.54. The van der Waals surface area contributed by atoms with E-state index in [0.29, 0.717) is 24.0 Å². The van der Waals surface area contributed by atoms with Gasteiger partial charge in [-0.15, -0.1) is 0 Å². The van der Waals surface area contributed by atoms with E-state index in [-0.39, 0.29) is 11.5 Å². The summed E-state index contributed by atoms with van der Waals surface area (Å²) in [6.07, 6.45) is 0. The molecule has 17 heavy (non-hydrogen) atoms. The average molecular weight is 254 g/mol. The fourth-order valence-electron chi connectivity index (χ4n) is 1.89. The van der Waals surface area contributed by atoms with Crippen LogP contribution >= 0.6 is 11.8 Å². The van der Waals surface area contributed by atoms with Crippen molar-refractivity contribution in [1.82, 2.24) is 4.90 Å². The van der Waals surface area contributed by atoms with Crippen LogP contribution in [0.2, 0.25) is 0 Å². The molecule has 1 unspecified atom stereocenters. The second-order valence-corrected chi connectivity index (χ2v) is 5.71. The summed E-state index contributed by atoms with van der Waals surface area (Å²) >= 11 is 1.84. The lowest BCUT2D eigenvalue weighted by atomic mass is 10.1. The quantitative estimate of drug-likeness (QED) is 0.780. The van der Waals surface area contributed by atoms with Crippen LogP contribution in [0, 0.1) is 5.82 Å². The van der Waals surface area contributed by atoms with E-state index in [1.807, 2.05) is 11.8 Å². The van der Waals surface area contributed by atoms with Gasteiger partial charge in [0, 0.05) is 29.8 Å². The number of amides is 1. The summed E-state index contributed by atoms with van der Waals surface area (Å²) < 4.78 is 13.1. The molecule has 0 aliphatic carbocycles. The highest BCUT2D eigenvalue weighted by atomic mass is 32.2. The van der Waals surface area contributed by atoms with E-state index in [9.17, 15) is 9.18 Å². The van der Waals surface area contributed by atoms with E-state index in [0.717, 1.165) is 5.75 Å². The molecule has 92 valence electrons. The van der Waals surface area contributed by atoms with Crippen molar-refractivity contribution in [2.24, 2.45) is 0 Å². The molecule has 1 aromatic rings. The predicted octanol–water partition coefficient (Wildman–Crippen LogP) is 1.99. The highest BCUT2D eigenvalue weighted by molar-refractivity contribution is 7.99. The van der Waals surface area contributed by atoms with Crippen LogP contribution in [0.15, 0.2) is 18.2 Å². The molecule has 0 aromatic heterocycles. The fourth-order valence-corrected chi connectivity index (χ4v) is 2.90. The maximum atomic E-state index is 13.1. The van der Waals surface area contributed by atoms with E-state index in [4.69, 9.17) is 5.73 Å². The van der Waals surface area contributed by atoms with Gasteiger partial charge >= 0.3 is 0 Å². The maximum absolute atomic E-state index is 13.1. The Labute approximate surface area is 104 Å². The number of thioether (sulfide) groups is 1. The third-order valence-corrected chi connectivity index (χ3v) is 3.91. The molecule has 0 spiro atoms. The number of nitrogens with zero attached hydrogens (tertiary/aromatic N) is 1. The van der Waals surface area contributed by atoms with Crippen molar-refractivity contribution in [2.45, 2.75) is 12.2 Å². The number of hydrogen-bond donors (Lipinski definition) is 1. The Balaban J connectivity index is 2.21. The van der Waals surface area contributed by atoms with Gasteiger partial charge in [-0.25, -0.2) is 4.39 Å². The minimum Gasteiger partial charge on any atom is -0.398 e. The lowest BCUT2D eigenvalue weighted by molar-refractivity contribution is 0.0763. The number of halogens is 1. The van der Waals surface area contributed by atoms with Gasteiger partial charge < -0.3 is 10.6 Å². The van der Waals surface area contributed by atoms with Gasteiger partial charge in [-0.1, -0.05) is 6.92 Å². The molecular formula is C12H15FN2OS.